The Kier molecular flexibility index (Phi) is 7.07. The highest BCUT2D eigenvalue weighted by Crippen LogP contribution is 2.22. The first kappa shape index (κ1) is 17.4. The van der Waals surface area contributed by atoms with Gasteiger partial charge in [0.05, 0.1) is 18.1 Å². The molecule has 0 spiro atoms. The average Bonchev–Trinajstić information content (AvgIpc) is 2.45. The molecule has 1 rings (SSSR count). The van der Waals surface area contributed by atoms with Gasteiger partial charge in [0.1, 0.15) is 0 Å². The van der Waals surface area contributed by atoms with Crippen LogP contribution in [0, 0.1) is 10.1 Å². The van der Waals surface area contributed by atoms with Gasteiger partial charge in [-0.25, -0.2) is 0 Å². The average molecular weight is 297 g/mol. The molecule has 0 saturated heterocycles. The van der Waals surface area contributed by atoms with Crippen LogP contribution in [0.2, 0.25) is 0 Å². The Bertz CT molecular complexity index is 468. The first-order valence-corrected chi connectivity index (χ1v) is 6.74. The standard InChI is InChI=1S/C14H23N3O4/c1-11(10-21-3)16(6-7-20-2)9-12-8-13(17(18)19)4-5-14(12)15/h4-5,8,11H,6-7,9-10,15H2,1-3H3. The summed E-state index contributed by atoms with van der Waals surface area (Å²) in [4.78, 5) is 12.6. The fourth-order valence-corrected chi connectivity index (χ4v) is 2.07. The molecule has 7 nitrogen and oxygen atoms in total. The smallest absolute Gasteiger partial charge is 0.269 e. The van der Waals surface area contributed by atoms with Gasteiger partial charge in [0, 0.05) is 51.2 Å². The number of benzene rings is 1. The summed E-state index contributed by atoms with van der Waals surface area (Å²) in [5, 5.41) is 10.9. The number of nitrogen functional groups attached to an aromatic ring is 1. The summed E-state index contributed by atoms with van der Waals surface area (Å²) >= 11 is 0. The molecule has 0 aliphatic rings. The molecule has 0 aromatic heterocycles. The molecule has 0 amide bonds. The fraction of sp³-hybridized carbons (Fsp3) is 0.571. The number of nitro groups is 1. The zero-order valence-corrected chi connectivity index (χ0v) is 12.7. The number of anilines is 1. The van der Waals surface area contributed by atoms with Crippen LogP contribution in [0.25, 0.3) is 0 Å². The maximum absolute atomic E-state index is 10.9. The maximum atomic E-state index is 10.9. The molecule has 0 heterocycles. The third kappa shape index (κ3) is 5.30. The Morgan fingerprint density at radius 3 is 2.67 bits per heavy atom. The van der Waals surface area contributed by atoms with Gasteiger partial charge in [0.2, 0.25) is 0 Å². The zero-order chi connectivity index (χ0) is 15.8. The van der Waals surface area contributed by atoms with E-state index < -0.39 is 4.92 Å². The minimum absolute atomic E-state index is 0.0466. The van der Waals surface area contributed by atoms with Crippen molar-refractivity contribution in [2.24, 2.45) is 0 Å². The molecule has 2 N–H and O–H groups in total. The van der Waals surface area contributed by atoms with Crippen molar-refractivity contribution in [2.75, 3.05) is 39.7 Å². The molecule has 0 saturated carbocycles. The van der Waals surface area contributed by atoms with Crippen molar-refractivity contribution in [2.45, 2.75) is 19.5 Å². The van der Waals surface area contributed by atoms with E-state index in [0.29, 0.717) is 32.0 Å². The third-order valence-electron chi connectivity index (χ3n) is 3.32. The molecule has 0 aliphatic heterocycles. The summed E-state index contributed by atoms with van der Waals surface area (Å²) in [5.74, 6) is 0. The monoisotopic (exact) mass is 297 g/mol. The molecule has 1 aromatic carbocycles. The number of nitrogens with zero attached hydrogens (tertiary/aromatic N) is 2. The lowest BCUT2D eigenvalue weighted by Crippen LogP contribution is -2.38. The lowest BCUT2D eigenvalue weighted by molar-refractivity contribution is -0.384. The van der Waals surface area contributed by atoms with Gasteiger partial charge < -0.3 is 15.2 Å². The molecule has 0 bridgehead atoms. The molecular weight excluding hydrogens is 274 g/mol. The number of ether oxygens (including phenoxy) is 2. The van der Waals surface area contributed by atoms with Gasteiger partial charge >= 0.3 is 0 Å². The summed E-state index contributed by atoms with van der Waals surface area (Å²) in [6.07, 6.45) is 0. The number of nitro benzene ring substituents is 1. The Morgan fingerprint density at radius 2 is 2.10 bits per heavy atom. The molecular formula is C14H23N3O4. The van der Waals surface area contributed by atoms with Crippen molar-refractivity contribution in [3.63, 3.8) is 0 Å². The second-order valence-electron chi connectivity index (χ2n) is 4.91. The lowest BCUT2D eigenvalue weighted by Gasteiger charge is -2.28. The van der Waals surface area contributed by atoms with Crippen LogP contribution in [-0.4, -0.2) is 49.8 Å². The summed E-state index contributed by atoms with van der Waals surface area (Å²) in [6, 6.07) is 4.66. The summed E-state index contributed by atoms with van der Waals surface area (Å²) < 4.78 is 10.3. The quantitative estimate of drug-likeness (QED) is 0.423. The van der Waals surface area contributed by atoms with E-state index in [4.69, 9.17) is 15.2 Å². The molecule has 7 heteroatoms. The largest absolute Gasteiger partial charge is 0.398 e. The van der Waals surface area contributed by atoms with Crippen LogP contribution in [0.5, 0.6) is 0 Å². The van der Waals surface area contributed by atoms with Crippen LogP contribution in [0.3, 0.4) is 0 Å². The number of non-ortho nitro benzene ring substituents is 1. The van der Waals surface area contributed by atoms with Crippen molar-refractivity contribution in [3.05, 3.63) is 33.9 Å². The van der Waals surface area contributed by atoms with Gasteiger partial charge in [-0.2, -0.15) is 0 Å². The van der Waals surface area contributed by atoms with Crippen molar-refractivity contribution < 1.29 is 14.4 Å². The maximum Gasteiger partial charge on any atom is 0.269 e. The van der Waals surface area contributed by atoms with Crippen LogP contribution < -0.4 is 5.73 Å². The van der Waals surface area contributed by atoms with E-state index in [1.54, 1.807) is 20.3 Å². The van der Waals surface area contributed by atoms with E-state index in [0.717, 1.165) is 5.56 Å². The highest BCUT2D eigenvalue weighted by Gasteiger charge is 2.17. The first-order chi connectivity index (χ1) is 9.99. The molecule has 0 radical (unpaired) electrons. The van der Waals surface area contributed by atoms with Gasteiger partial charge in [-0.05, 0) is 18.6 Å². The van der Waals surface area contributed by atoms with Crippen molar-refractivity contribution >= 4 is 11.4 Å². The van der Waals surface area contributed by atoms with Crippen LogP contribution in [-0.2, 0) is 16.0 Å². The van der Waals surface area contributed by atoms with E-state index in [9.17, 15) is 10.1 Å². The van der Waals surface area contributed by atoms with Gasteiger partial charge in [0.15, 0.2) is 0 Å². The lowest BCUT2D eigenvalue weighted by atomic mass is 10.1. The third-order valence-corrected chi connectivity index (χ3v) is 3.32. The molecule has 118 valence electrons. The Morgan fingerprint density at radius 1 is 1.38 bits per heavy atom. The molecule has 1 unspecified atom stereocenters. The fourth-order valence-electron chi connectivity index (χ4n) is 2.07. The predicted molar refractivity (Wildman–Crippen MR) is 81.1 cm³/mol. The minimum Gasteiger partial charge on any atom is -0.398 e. The SMILES string of the molecule is COCCN(Cc1cc([N+](=O)[O-])ccc1N)C(C)COC. The second-order valence-corrected chi connectivity index (χ2v) is 4.91. The van der Waals surface area contributed by atoms with Crippen LogP contribution in [0.4, 0.5) is 11.4 Å². The minimum atomic E-state index is -0.416. The highest BCUT2D eigenvalue weighted by molar-refractivity contribution is 5.52. The van der Waals surface area contributed by atoms with Crippen LogP contribution >= 0.6 is 0 Å². The summed E-state index contributed by atoms with van der Waals surface area (Å²) in [5.41, 5.74) is 7.26. The topological polar surface area (TPSA) is 90.9 Å². The van der Waals surface area contributed by atoms with Crippen molar-refractivity contribution in [3.8, 4) is 0 Å². The number of hydrogen-bond donors (Lipinski definition) is 1. The van der Waals surface area contributed by atoms with Gasteiger partial charge in [-0.15, -0.1) is 0 Å². The molecule has 1 aromatic rings. The first-order valence-electron chi connectivity index (χ1n) is 6.74. The summed E-state index contributed by atoms with van der Waals surface area (Å²) in [7, 11) is 3.29. The molecule has 21 heavy (non-hydrogen) atoms. The predicted octanol–water partition coefficient (Wildman–Crippen LogP) is 1.66. The van der Waals surface area contributed by atoms with E-state index in [1.165, 1.54) is 12.1 Å². The molecule has 1 atom stereocenters. The normalized spacial score (nSPS) is 12.6. The Hall–Kier alpha value is -1.70. The zero-order valence-electron chi connectivity index (χ0n) is 12.7. The highest BCUT2D eigenvalue weighted by atomic mass is 16.6. The van der Waals surface area contributed by atoms with Gasteiger partial charge in [-0.3, -0.25) is 15.0 Å². The Balaban J connectivity index is 2.90. The van der Waals surface area contributed by atoms with E-state index in [1.807, 2.05) is 6.92 Å². The van der Waals surface area contributed by atoms with Gasteiger partial charge in [-0.1, -0.05) is 0 Å². The number of hydrogen-bond acceptors (Lipinski definition) is 6. The van der Waals surface area contributed by atoms with Crippen molar-refractivity contribution in [1.82, 2.24) is 4.90 Å². The Labute approximate surface area is 124 Å². The second kappa shape index (κ2) is 8.56. The van der Waals surface area contributed by atoms with E-state index in [2.05, 4.69) is 4.90 Å². The number of rotatable bonds is 9. The van der Waals surface area contributed by atoms with Crippen molar-refractivity contribution in [1.29, 1.82) is 0 Å². The van der Waals surface area contributed by atoms with E-state index >= 15 is 0 Å². The van der Waals surface area contributed by atoms with Crippen LogP contribution in [0.1, 0.15) is 12.5 Å². The van der Waals surface area contributed by atoms with Gasteiger partial charge in [0.25, 0.3) is 5.69 Å². The molecule has 0 aliphatic carbocycles. The number of methoxy groups -OCH3 is 2. The summed E-state index contributed by atoms with van der Waals surface area (Å²) in [6.45, 7) is 4.39. The number of nitrogens with two attached hydrogens (primary N) is 1. The van der Waals surface area contributed by atoms with Crippen LogP contribution in [0.15, 0.2) is 18.2 Å². The molecule has 0 fully saturated rings. The van der Waals surface area contributed by atoms with E-state index in [-0.39, 0.29) is 11.7 Å².